The van der Waals surface area contributed by atoms with Crippen LogP contribution in [0.15, 0.2) is 48.5 Å². The van der Waals surface area contributed by atoms with Crippen molar-refractivity contribution in [3.05, 3.63) is 59.1 Å². The molecule has 2 aromatic rings. The van der Waals surface area contributed by atoms with Gasteiger partial charge in [-0.1, -0.05) is 23.7 Å². The molecule has 2 atom stereocenters. The van der Waals surface area contributed by atoms with E-state index in [2.05, 4.69) is 0 Å². The van der Waals surface area contributed by atoms with E-state index in [0.717, 1.165) is 17.7 Å². The molecule has 2 amide bonds. The molecule has 0 saturated heterocycles. The van der Waals surface area contributed by atoms with Crippen molar-refractivity contribution in [1.29, 1.82) is 0 Å². The Balaban J connectivity index is 0.00000156. The summed E-state index contributed by atoms with van der Waals surface area (Å²) in [6.07, 6.45) is 0.911. The van der Waals surface area contributed by atoms with Gasteiger partial charge in [-0.15, -0.1) is 0 Å². The molecule has 1 aliphatic carbocycles. The fourth-order valence-electron chi connectivity index (χ4n) is 2.62. The second-order valence-corrected chi connectivity index (χ2v) is 6.09. The predicted molar refractivity (Wildman–Crippen MR) is 88.0 cm³/mol. The number of carbonyl (C=O) groups is 1. The molecular formula is C17H18ClKN2O3. The zero-order valence-corrected chi connectivity index (χ0v) is 17.2. The van der Waals surface area contributed by atoms with Gasteiger partial charge in [0, 0.05) is 5.02 Å². The number of halogens is 1. The van der Waals surface area contributed by atoms with Gasteiger partial charge in [0.15, 0.2) is 0 Å². The molecule has 2 aromatic carbocycles. The first-order valence-corrected chi connectivity index (χ1v) is 7.70. The number of nitrogens with two attached hydrogens (primary N) is 1. The molecule has 2 unspecified atom stereocenters. The van der Waals surface area contributed by atoms with Crippen molar-refractivity contribution < 1.29 is 67.5 Å². The van der Waals surface area contributed by atoms with Crippen LogP contribution in [0.4, 0.5) is 4.79 Å². The van der Waals surface area contributed by atoms with Gasteiger partial charge in [-0.2, -0.15) is 0 Å². The largest absolute Gasteiger partial charge is 1.00 e. The summed E-state index contributed by atoms with van der Waals surface area (Å²) in [4.78, 5) is 10.9. The van der Waals surface area contributed by atoms with Gasteiger partial charge < -0.3 is 11.9 Å². The minimum atomic E-state index is -0.824. The Hall–Kier alpha value is -0.604. The number of amides is 2. The number of urea groups is 1. The second kappa shape index (κ2) is 8.67. The molecule has 3 rings (SSSR count). The molecule has 24 heavy (non-hydrogen) atoms. The average molecular weight is 373 g/mol. The van der Waals surface area contributed by atoms with E-state index in [1.54, 1.807) is 12.1 Å². The van der Waals surface area contributed by atoms with E-state index in [-0.39, 0.29) is 65.3 Å². The molecule has 0 radical (unpaired) electrons. The summed E-state index contributed by atoms with van der Waals surface area (Å²) >= 11 is 5.86. The van der Waals surface area contributed by atoms with Gasteiger partial charge in [0.05, 0.1) is 6.54 Å². The molecule has 122 valence electrons. The minimum absolute atomic E-state index is 0. The molecule has 0 spiro atoms. The Kier molecular flexibility index (Phi) is 7.12. The molecular weight excluding hydrogens is 355 g/mol. The van der Waals surface area contributed by atoms with E-state index in [9.17, 15) is 10.0 Å². The summed E-state index contributed by atoms with van der Waals surface area (Å²) < 4.78 is 5.81. The van der Waals surface area contributed by atoms with Crippen molar-refractivity contribution in [2.75, 3.05) is 6.54 Å². The molecule has 5 nitrogen and oxygen atoms in total. The maximum absolute atomic E-state index is 10.9. The quantitative estimate of drug-likeness (QED) is 0.469. The van der Waals surface area contributed by atoms with E-state index in [1.165, 1.54) is 0 Å². The summed E-state index contributed by atoms with van der Waals surface area (Å²) in [5.74, 6) is 1.98. The van der Waals surface area contributed by atoms with Crippen LogP contribution in [0, 0.1) is 5.92 Å². The van der Waals surface area contributed by atoms with Gasteiger partial charge in [-0.25, -0.2) is 9.86 Å². The van der Waals surface area contributed by atoms with Crippen LogP contribution in [0.2, 0.25) is 5.02 Å². The number of hydroxylamine groups is 2. The molecule has 0 heterocycles. The van der Waals surface area contributed by atoms with E-state index in [1.807, 2.05) is 36.4 Å². The van der Waals surface area contributed by atoms with Crippen LogP contribution >= 0.6 is 11.6 Å². The van der Waals surface area contributed by atoms with E-state index in [4.69, 9.17) is 22.1 Å². The van der Waals surface area contributed by atoms with Gasteiger partial charge >= 0.3 is 57.4 Å². The van der Waals surface area contributed by atoms with Gasteiger partial charge in [0.1, 0.15) is 11.5 Å². The molecule has 0 aliphatic heterocycles. The number of rotatable bonds is 5. The van der Waals surface area contributed by atoms with Crippen molar-refractivity contribution in [3.8, 4) is 11.5 Å². The Morgan fingerprint density at radius 1 is 1.29 bits per heavy atom. The van der Waals surface area contributed by atoms with E-state index >= 15 is 0 Å². The third-order valence-corrected chi connectivity index (χ3v) is 4.17. The molecule has 7 heteroatoms. The predicted octanol–water partition coefficient (Wildman–Crippen LogP) is 1.12. The molecule has 1 fully saturated rings. The van der Waals surface area contributed by atoms with Gasteiger partial charge in [0.25, 0.3) is 0 Å². The number of primary amides is 1. The van der Waals surface area contributed by atoms with Crippen LogP contribution in [-0.2, 0) is 0 Å². The van der Waals surface area contributed by atoms with Crippen LogP contribution in [0.3, 0.4) is 0 Å². The molecule has 3 N–H and O–H groups in total. The maximum Gasteiger partial charge on any atom is 1.00 e. The third-order valence-electron chi connectivity index (χ3n) is 3.92. The number of ether oxygens (including phenoxy) is 1. The van der Waals surface area contributed by atoms with Crippen LogP contribution in [0.25, 0.3) is 0 Å². The first kappa shape index (κ1) is 19.7. The van der Waals surface area contributed by atoms with Crippen molar-refractivity contribution in [1.82, 2.24) is 5.06 Å². The van der Waals surface area contributed by atoms with Crippen LogP contribution < -0.4 is 61.9 Å². The Bertz CT molecular complexity index is 717. The summed E-state index contributed by atoms with van der Waals surface area (Å²) in [6, 6.07) is 14.2. The Morgan fingerprint density at radius 3 is 2.67 bits per heavy atom. The zero-order chi connectivity index (χ0) is 16.4. The topological polar surface area (TPSA) is 75.8 Å². The maximum atomic E-state index is 10.9. The van der Waals surface area contributed by atoms with E-state index < -0.39 is 6.03 Å². The van der Waals surface area contributed by atoms with Crippen molar-refractivity contribution in [2.24, 2.45) is 11.7 Å². The number of benzene rings is 2. The minimum Gasteiger partial charge on any atom is -1.00 e. The van der Waals surface area contributed by atoms with Gasteiger partial charge in [0.2, 0.25) is 0 Å². The average Bonchev–Trinajstić information content (AvgIpc) is 3.29. The SMILES string of the molecule is NC(=O)N(O)CC1CC1c1cccc(Oc2ccc(Cl)cc2)c1.[H-].[K+]. The van der Waals surface area contributed by atoms with Gasteiger partial charge in [-0.05, 0) is 60.2 Å². The summed E-state index contributed by atoms with van der Waals surface area (Å²) in [5, 5.41) is 10.6. The molecule has 0 bridgehead atoms. The second-order valence-electron chi connectivity index (χ2n) is 5.65. The van der Waals surface area contributed by atoms with Crippen LogP contribution in [0.1, 0.15) is 19.3 Å². The van der Waals surface area contributed by atoms with Crippen molar-refractivity contribution in [2.45, 2.75) is 12.3 Å². The normalized spacial score (nSPS) is 18.4. The first-order valence-electron chi connectivity index (χ1n) is 7.32. The Labute approximate surface area is 189 Å². The molecule has 1 aliphatic rings. The summed E-state index contributed by atoms with van der Waals surface area (Å²) in [7, 11) is 0. The number of carbonyl (C=O) groups excluding carboxylic acids is 1. The van der Waals surface area contributed by atoms with Crippen LogP contribution in [0.5, 0.6) is 11.5 Å². The number of nitrogens with zero attached hydrogens (tertiary/aromatic N) is 1. The summed E-state index contributed by atoms with van der Waals surface area (Å²) in [6.45, 7) is 0.252. The molecule has 0 aromatic heterocycles. The van der Waals surface area contributed by atoms with Crippen molar-refractivity contribution >= 4 is 17.6 Å². The standard InChI is InChI=1S/C17H17ClN2O3.K.H/c18-13-4-6-14(7-5-13)23-15-3-1-2-11(8-15)16-9-12(16)10-20(22)17(19)21;;/h1-8,12,16,22H,9-10H2,(H2,19,21);;/q;+1;-1. The van der Waals surface area contributed by atoms with E-state index in [0.29, 0.717) is 21.8 Å². The number of hydrogen-bond donors (Lipinski definition) is 2. The monoisotopic (exact) mass is 372 g/mol. The van der Waals surface area contributed by atoms with Crippen LogP contribution in [-0.4, -0.2) is 22.8 Å². The fraction of sp³-hybridized carbons (Fsp3) is 0.235. The van der Waals surface area contributed by atoms with Crippen molar-refractivity contribution in [3.63, 3.8) is 0 Å². The smallest absolute Gasteiger partial charge is 1.00 e. The van der Waals surface area contributed by atoms with Gasteiger partial charge in [-0.3, -0.25) is 5.21 Å². The zero-order valence-electron chi connectivity index (χ0n) is 14.4. The summed E-state index contributed by atoms with van der Waals surface area (Å²) in [5.41, 5.74) is 6.15. The molecule has 1 saturated carbocycles. The third kappa shape index (κ3) is 5.19. The first-order chi connectivity index (χ1) is 11.0. The Morgan fingerprint density at radius 2 is 2.00 bits per heavy atom. The number of hydrogen-bond acceptors (Lipinski definition) is 3. The fourth-order valence-corrected chi connectivity index (χ4v) is 2.74.